The second-order valence-corrected chi connectivity index (χ2v) is 5.34. The molecule has 0 fully saturated rings. The Morgan fingerprint density at radius 3 is 2.70 bits per heavy atom. The average molecular weight is 276 g/mol. The standard InChI is InChI=1S/C17H24O3/c1-14-8-9-16(15(13-14)7-5-6-11-18)20-12-10-17(2,3)19-4/h8-9,13,18H,6,10-12H2,1-4H3. The third-order valence-electron chi connectivity index (χ3n) is 3.11. The minimum absolute atomic E-state index is 0.0804. The van der Waals surface area contributed by atoms with Gasteiger partial charge in [0.25, 0.3) is 0 Å². The van der Waals surface area contributed by atoms with E-state index in [-0.39, 0.29) is 12.2 Å². The maximum absolute atomic E-state index is 8.78. The maximum Gasteiger partial charge on any atom is 0.134 e. The maximum atomic E-state index is 8.78. The highest BCUT2D eigenvalue weighted by atomic mass is 16.5. The van der Waals surface area contributed by atoms with Gasteiger partial charge in [-0.2, -0.15) is 0 Å². The van der Waals surface area contributed by atoms with E-state index in [1.54, 1.807) is 7.11 Å². The summed E-state index contributed by atoms with van der Waals surface area (Å²) in [5.74, 6) is 6.77. The van der Waals surface area contributed by atoms with E-state index < -0.39 is 0 Å². The molecule has 0 saturated carbocycles. The molecule has 0 unspecified atom stereocenters. The van der Waals surface area contributed by atoms with Crippen molar-refractivity contribution in [3.63, 3.8) is 0 Å². The van der Waals surface area contributed by atoms with Gasteiger partial charge in [0.05, 0.1) is 24.4 Å². The van der Waals surface area contributed by atoms with Gasteiger partial charge in [-0.3, -0.25) is 0 Å². The number of ether oxygens (including phenoxy) is 2. The zero-order valence-electron chi connectivity index (χ0n) is 12.8. The molecule has 110 valence electrons. The van der Waals surface area contributed by atoms with Crippen LogP contribution in [0.15, 0.2) is 18.2 Å². The summed E-state index contributed by atoms with van der Waals surface area (Å²) in [4.78, 5) is 0. The number of hydrogen-bond acceptors (Lipinski definition) is 3. The Balaban J connectivity index is 2.72. The number of benzene rings is 1. The van der Waals surface area contributed by atoms with Gasteiger partial charge in [0.1, 0.15) is 5.75 Å². The Bertz CT molecular complexity index is 481. The molecule has 3 nitrogen and oxygen atoms in total. The van der Waals surface area contributed by atoms with E-state index >= 15 is 0 Å². The van der Waals surface area contributed by atoms with Crippen LogP contribution < -0.4 is 4.74 Å². The molecule has 1 aromatic carbocycles. The van der Waals surface area contributed by atoms with E-state index in [2.05, 4.69) is 11.8 Å². The monoisotopic (exact) mass is 276 g/mol. The fraction of sp³-hybridized carbons (Fsp3) is 0.529. The van der Waals surface area contributed by atoms with Gasteiger partial charge >= 0.3 is 0 Å². The summed E-state index contributed by atoms with van der Waals surface area (Å²) in [5.41, 5.74) is 1.82. The number of aliphatic hydroxyl groups excluding tert-OH is 1. The Hall–Kier alpha value is -1.50. The van der Waals surface area contributed by atoms with Gasteiger partial charge in [0.2, 0.25) is 0 Å². The Morgan fingerprint density at radius 2 is 2.05 bits per heavy atom. The van der Waals surface area contributed by atoms with Crippen LogP contribution in [0.25, 0.3) is 0 Å². The lowest BCUT2D eigenvalue weighted by Crippen LogP contribution is -2.25. The molecule has 0 aliphatic heterocycles. The minimum atomic E-state index is -0.187. The van der Waals surface area contributed by atoms with Crippen molar-refractivity contribution in [2.45, 2.75) is 39.2 Å². The summed E-state index contributed by atoms with van der Waals surface area (Å²) in [5, 5.41) is 8.78. The minimum Gasteiger partial charge on any atom is -0.492 e. The molecule has 0 spiro atoms. The summed E-state index contributed by atoms with van der Waals surface area (Å²) in [6.07, 6.45) is 1.28. The predicted molar refractivity (Wildman–Crippen MR) is 81.0 cm³/mol. The van der Waals surface area contributed by atoms with Gasteiger partial charge in [-0.25, -0.2) is 0 Å². The lowest BCUT2D eigenvalue weighted by Gasteiger charge is -2.22. The Labute approximate surface area is 121 Å². The van der Waals surface area contributed by atoms with Crippen molar-refractivity contribution in [1.29, 1.82) is 0 Å². The van der Waals surface area contributed by atoms with Crippen LogP contribution in [0.1, 0.15) is 37.8 Å². The Kier molecular flexibility index (Phi) is 6.57. The molecule has 1 aromatic rings. The zero-order valence-corrected chi connectivity index (χ0v) is 12.8. The summed E-state index contributed by atoms with van der Waals surface area (Å²) >= 11 is 0. The van der Waals surface area contributed by atoms with Crippen LogP contribution in [0.5, 0.6) is 5.75 Å². The van der Waals surface area contributed by atoms with E-state index in [0.717, 1.165) is 23.3 Å². The molecule has 20 heavy (non-hydrogen) atoms. The first kappa shape index (κ1) is 16.6. The second kappa shape index (κ2) is 7.94. The average Bonchev–Trinajstić information content (AvgIpc) is 2.41. The van der Waals surface area contributed by atoms with Crippen LogP contribution in [0.2, 0.25) is 0 Å². The van der Waals surface area contributed by atoms with Crippen molar-refractivity contribution in [1.82, 2.24) is 0 Å². The lowest BCUT2D eigenvalue weighted by molar-refractivity contribution is 0.00543. The smallest absolute Gasteiger partial charge is 0.134 e. The van der Waals surface area contributed by atoms with Crippen LogP contribution in [0.4, 0.5) is 0 Å². The van der Waals surface area contributed by atoms with Crippen molar-refractivity contribution >= 4 is 0 Å². The lowest BCUT2D eigenvalue weighted by atomic mass is 10.1. The van der Waals surface area contributed by atoms with Gasteiger partial charge in [0.15, 0.2) is 0 Å². The van der Waals surface area contributed by atoms with Crippen LogP contribution in [0, 0.1) is 18.8 Å². The van der Waals surface area contributed by atoms with E-state index in [4.69, 9.17) is 14.6 Å². The molecule has 0 aliphatic carbocycles. The number of methoxy groups -OCH3 is 1. The van der Waals surface area contributed by atoms with Crippen LogP contribution >= 0.6 is 0 Å². The molecule has 0 aliphatic rings. The van der Waals surface area contributed by atoms with Gasteiger partial charge in [0, 0.05) is 20.0 Å². The summed E-state index contributed by atoms with van der Waals surface area (Å²) in [6, 6.07) is 5.95. The van der Waals surface area contributed by atoms with E-state index in [9.17, 15) is 0 Å². The number of hydrogen-bond donors (Lipinski definition) is 1. The molecule has 0 saturated heterocycles. The van der Waals surface area contributed by atoms with Crippen molar-refractivity contribution in [3.05, 3.63) is 29.3 Å². The third kappa shape index (κ3) is 5.64. The fourth-order valence-electron chi connectivity index (χ4n) is 1.59. The summed E-state index contributed by atoms with van der Waals surface area (Å²) in [6.45, 7) is 6.76. The molecule has 1 rings (SSSR count). The van der Waals surface area contributed by atoms with E-state index in [1.165, 1.54) is 0 Å². The van der Waals surface area contributed by atoms with Crippen LogP contribution in [0.3, 0.4) is 0 Å². The molecule has 0 heterocycles. The molecule has 0 aromatic heterocycles. The van der Waals surface area contributed by atoms with Gasteiger partial charge in [-0.1, -0.05) is 17.9 Å². The molecule has 0 bridgehead atoms. The molecular weight excluding hydrogens is 252 g/mol. The molecule has 0 radical (unpaired) electrons. The normalized spacial score (nSPS) is 10.8. The number of aliphatic hydroxyl groups is 1. The van der Waals surface area contributed by atoms with Crippen molar-refractivity contribution in [3.8, 4) is 17.6 Å². The van der Waals surface area contributed by atoms with Crippen molar-refractivity contribution in [2.75, 3.05) is 20.3 Å². The first-order valence-electron chi connectivity index (χ1n) is 6.87. The van der Waals surface area contributed by atoms with E-state index in [1.807, 2.05) is 39.0 Å². The Morgan fingerprint density at radius 1 is 1.30 bits per heavy atom. The number of rotatable bonds is 6. The van der Waals surface area contributed by atoms with Crippen molar-refractivity contribution < 1.29 is 14.6 Å². The first-order chi connectivity index (χ1) is 9.48. The van der Waals surface area contributed by atoms with Crippen molar-refractivity contribution in [2.24, 2.45) is 0 Å². The van der Waals surface area contributed by atoms with Crippen LogP contribution in [-0.4, -0.2) is 31.0 Å². The largest absolute Gasteiger partial charge is 0.492 e. The highest BCUT2D eigenvalue weighted by Gasteiger charge is 2.16. The highest BCUT2D eigenvalue weighted by molar-refractivity contribution is 5.48. The van der Waals surface area contributed by atoms with Gasteiger partial charge in [-0.15, -0.1) is 0 Å². The molecule has 0 amide bonds. The summed E-state index contributed by atoms with van der Waals surface area (Å²) in [7, 11) is 1.71. The number of aryl methyl sites for hydroxylation is 1. The zero-order chi connectivity index (χ0) is 15.0. The SMILES string of the molecule is COC(C)(C)CCOc1ccc(C)cc1C#CCCO. The molecule has 0 atom stereocenters. The quantitative estimate of drug-likeness (QED) is 0.812. The van der Waals surface area contributed by atoms with Crippen LogP contribution in [-0.2, 0) is 4.74 Å². The second-order valence-electron chi connectivity index (χ2n) is 5.34. The molecular formula is C17H24O3. The fourth-order valence-corrected chi connectivity index (χ4v) is 1.59. The molecule has 3 heteroatoms. The predicted octanol–water partition coefficient (Wildman–Crippen LogP) is 2.92. The topological polar surface area (TPSA) is 38.7 Å². The summed E-state index contributed by atoms with van der Waals surface area (Å²) < 4.78 is 11.2. The van der Waals surface area contributed by atoms with E-state index in [0.29, 0.717) is 13.0 Å². The van der Waals surface area contributed by atoms with Gasteiger partial charge in [-0.05, 0) is 38.5 Å². The highest BCUT2D eigenvalue weighted by Crippen LogP contribution is 2.21. The molecule has 1 N–H and O–H groups in total. The first-order valence-corrected chi connectivity index (χ1v) is 6.87. The van der Waals surface area contributed by atoms with Gasteiger partial charge < -0.3 is 14.6 Å². The third-order valence-corrected chi connectivity index (χ3v) is 3.11.